The Morgan fingerprint density at radius 1 is 1.25 bits per heavy atom. The molecule has 3 aromatic rings. The van der Waals surface area contributed by atoms with Crippen LogP contribution in [-0.4, -0.2) is 16.1 Å². The van der Waals surface area contributed by atoms with Gasteiger partial charge in [0.15, 0.2) is 11.6 Å². The van der Waals surface area contributed by atoms with Crippen LogP contribution in [0.3, 0.4) is 0 Å². The molecule has 0 radical (unpaired) electrons. The van der Waals surface area contributed by atoms with Crippen molar-refractivity contribution >= 4 is 27.5 Å². The van der Waals surface area contributed by atoms with E-state index in [1.54, 1.807) is 31.2 Å². The number of halogens is 3. The average Bonchev–Trinajstić information content (AvgIpc) is 2.96. The van der Waals surface area contributed by atoms with Gasteiger partial charge in [-0.25, -0.2) is 18.2 Å². The monoisotopic (exact) mass is 351 g/mol. The van der Waals surface area contributed by atoms with Crippen LogP contribution in [0.2, 0.25) is 0 Å². The topological polar surface area (TPSA) is 50.2 Å². The third kappa shape index (κ3) is 2.99. The SMILES string of the molecule is CC(C(=O)O)c1cccc(Cc2nc3c(F)c(F)cc(F)c3s2)c1. The maximum atomic E-state index is 13.7. The van der Waals surface area contributed by atoms with Gasteiger partial charge in [-0.2, -0.15) is 0 Å². The van der Waals surface area contributed by atoms with Crippen molar-refractivity contribution < 1.29 is 23.1 Å². The maximum absolute atomic E-state index is 13.7. The highest BCUT2D eigenvalue weighted by molar-refractivity contribution is 7.18. The number of carboxylic acids is 1. The first-order valence-electron chi connectivity index (χ1n) is 7.11. The molecule has 0 fully saturated rings. The molecule has 0 saturated carbocycles. The van der Waals surface area contributed by atoms with Gasteiger partial charge in [-0.1, -0.05) is 24.3 Å². The third-order valence-electron chi connectivity index (χ3n) is 3.74. The number of fused-ring (bicyclic) bond motifs is 1. The van der Waals surface area contributed by atoms with Crippen molar-refractivity contribution in [1.82, 2.24) is 4.98 Å². The van der Waals surface area contributed by atoms with Gasteiger partial charge < -0.3 is 5.11 Å². The molecule has 1 atom stereocenters. The van der Waals surface area contributed by atoms with Crippen LogP contribution in [-0.2, 0) is 11.2 Å². The fourth-order valence-electron chi connectivity index (χ4n) is 2.39. The van der Waals surface area contributed by atoms with E-state index in [1.165, 1.54) is 0 Å². The molecular formula is C17H12F3NO2S. The van der Waals surface area contributed by atoms with Crippen LogP contribution in [0.1, 0.15) is 29.0 Å². The number of aromatic nitrogens is 1. The van der Waals surface area contributed by atoms with Crippen LogP contribution in [0.4, 0.5) is 13.2 Å². The minimum absolute atomic E-state index is 0.0287. The van der Waals surface area contributed by atoms with Gasteiger partial charge in [0.1, 0.15) is 11.3 Å². The summed E-state index contributed by atoms with van der Waals surface area (Å²) in [6, 6.07) is 7.43. The minimum atomic E-state index is -1.27. The van der Waals surface area contributed by atoms with Crippen LogP contribution in [0.25, 0.3) is 10.2 Å². The van der Waals surface area contributed by atoms with E-state index in [0.717, 1.165) is 16.9 Å². The van der Waals surface area contributed by atoms with Gasteiger partial charge in [-0.3, -0.25) is 4.79 Å². The smallest absolute Gasteiger partial charge is 0.310 e. The van der Waals surface area contributed by atoms with Gasteiger partial charge in [-0.15, -0.1) is 11.3 Å². The molecule has 1 unspecified atom stereocenters. The zero-order valence-electron chi connectivity index (χ0n) is 12.5. The Bertz CT molecular complexity index is 939. The first kappa shape index (κ1) is 16.4. The van der Waals surface area contributed by atoms with Gasteiger partial charge in [0.2, 0.25) is 0 Å². The lowest BCUT2D eigenvalue weighted by Crippen LogP contribution is -2.07. The fourth-order valence-corrected chi connectivity index (χ4v) is 3.39. The van der Waals surface area contributed by atoms with E-state index in [1.807, 2.05) is 0 Å². The highest BCUT2D eigenvalue weighted by Crippen LogP contribution is 2.30. The summed E-state index contributed by atoms with van der Waals surface area (Å²) in [6.07, 6.45) is 0.278. The molecule has 2 aromatic carbocycles. The molecule has 1 heterocycles. The number of carboxylic acid groups (broad SMARTS) is 1. The Balaban J connectivity index is 1.96. The maximum Gasteiger partial charge on any atom is 0.310 e. The summed E-state index contributed by atoms with van der Waals surface area (Å²) in [4.78, 5) is 15.1. The van der Waals surface area contributed by atoms with Crippen LogP contribution in [0, 0.1) is 17.5 Å². The normalized spacial score (nSPS) is 12.5. The van der Waals surface area contributed by atoms with E-state index < -0.39 is 29.3 Å². The van der Waals surface area contributed by atoms with Crippen LogP contribution < -0.4 is 0 Å². The van der Waals surface area contributed by atoms with Gasteiger partial charge in [-0.05, 0) is 18.1 Å². The molecule has 0 saturated heterocycles. The Hall–Kier alpha value is -2.41. The molecule has 7 heteroatoms. The molecule has 0 spiro atoms. The van der Waals surface area contributed by atoms with Gasteiger partial charge >= 0.3 is 5.97 Å². The second kappa shape index (κ2) is 6.24. The lowest BCUT2D eigenvalue weighted by Gasteiger charge is -2.08. The second-order valence-electron chi connectivity index (χ2n) is 5.42. The number of carbonyl (C=O) groups is 1. The molecule has 124 valence electrons. The summed E-state index contributed by atoms with van der Waals surface area (Å²) in [5.74, 6) is -4.88. The highest BCUT2D eigenvalue weighted by Gasteiger charge is 2.18. The van der Waals surface area contributed by atoms with Gasteiger partial charge in [0.05, 0.1) is 15.6 Å². The Morgan fingerprint density at radius 3 is 2.71 bits per heavy atom. The number of nitrogens with zero attached hydrogens (tertiary/aromatic N) is 1. The molecule has 0 aliphatic heterocycles. The molecular weight excluding hydrogens is 339 g/mol. The van der Waals surface area contributed by atoms with Crippen molar-refractivity contribution in [3.63, 3.8) is 0 Å². The summed E-state index contributed by atoms with van der Waals surface area (Å²) in [6.45, 7) is 1.58. The number of rotatable bonds is 4. The zero-order valence-corrected chi connectivity index (χ0v) is 13.3. The van der Waals surface area contributed by atoms with Crippen molar-refractivity contribution in [3.8, 4) is 0 Å². The van der Waals surface area contributed by atoms with Crippen molar-refractivity contribution in [1.29, 1.82) is 0 Å². The Morgan fingerprint density at radius 2 is 2.00 bits per heavy atom. The number of thiazole rings is 1. The molecule has 0 aliphatic carbocycles. The number of hydrogen-bond donors (Lipinski definition) is 1. The summed E-state index contributed by atoms with van der Waals surface area (Å²) < 4.78 is 40.7. The minimum Gasteiger partial charge on any atom is -0.481 e. The fraction of sp³-hybridized carbons (Fsp3) is 0.176. The van der Waals surface area contributed by atoms with Crippen LogP contribution in [0.15, 0.2) is 30.3 Å². The molecule has 0 amide bonds. The summed E-state index contributed by atoms with van der Waals surface area (Å²) in [5.41, 5.74) is 1.08. The molecule has 1 N–H and O–H groups in total. The lowest BCUT2D eigenvalue weighted by molar-refractivity contribution is -0.138. The summed E-state index contributed by atoms with van der Waals surface area (Å²) >= 11 is 0.953. The largest absolute Gasteiger partial charge is 0.481 e. The van der Waals surface area contributed by atoms with E-state index in [2.05, 4.69) is 4.98 Å². The Labute approximate surface area is 139 Å². The van der Waals surface area contributed by atoms with E-state index in [0.29, 0.717) is 16.6 Å². The van der Waals surface area contributed by atoms with Crippen molar-refractivity contribution in [2.24, 2.45) is 0 Å². The lowest BCUT2D eigenvalue weighted by atomic mass is 9.98. The molecule has 1 aromatic heterocycles. The molecule has 3 nitrogen and oxygen atoms in total. The third-order valence-corrected chi connectivity index (χ3v) is 4.80. The number of benzene rings is 2. The molecule has 0 bridgehead atoms. The Kier molecular flexibility index (Phi) is 4.28. The first-order chi connectivity index (χ1) is 11.4. The molecule has 0 aliphatic rings. The predicted molar refractivity (Wildman–Crippen MR) is 84.8 cm³/mol. The predicted octanol–water partition coefficient (Wildman–Crippen LogP) is 4.49. The van der Waals surface area contributed by atoms with Gasteiger partial charge in [0.25, 0.3) is 0 Å². The van der Waals surface area contributed by atoms with E-state index in [-0.39, 0.29) is 16.6 Å². The average molecular weight is 351 g/mol. The molecule has 3 rings (SSSR count). The van der Waals surface area contributed by atoms with E-state index in [9.17, 15) is 18.0 Å². The van der Waals surface area contributed by atoms with Crippen LogP contribution in [0.5, 0.6) is 0 Å². The van der Waals surface area contributed by atoms with E-state index >= 15 is 0 Å². The number of aliphatic carboxylic acids is 1. The van der Waals surface area contributed by atoms with Gasteiger partial charge in [0, 0.05) is 12.5 Å². The standard InChI is InChI=1S/C17H12F3NO2S/c1-8(17(22)23)10-4-2-3-9(5-10)6-13-21-15-14(20)11(18)7-12(19)16(15)24-13/h2-5,7-8H,6H2,1H3,(H,22,23). The quantitative estimate of drug-likeness (QED) is 0.705. The highest BCUT2D eigenvalue weighted by atomic mass is 32.1. The van der Waals surface area contributed by atoms with Crippen LogP contribution >= 0.6 is 11.3 Å². The van der Waals surface area contributed by atoms with Crippen molar-refractivity contribution in [2.45, 2.75) is 19.3 Å². The summed E-state index contributed by atoms with van der Waals surface area (Å²) in [7, 11) is 0. The van der Waals surface area contributed by atoms with E-state index in [4.69, 9.17) is 5.11 Å². The molecule has 24 heavy (non-hydrogen) atoms. The summed E-state index contributed by atoms with van der Waals surface area (Å²) in [5, 5.41) is 9.49. The first-order valence-corrected chi connectivity index (χ1v) is 7.93. The zero-order chi connectivity index (χ0) is 17.4. The van der Waals surface area contributed by atoms with Crippen molar-refractivity contribution in [2.75, 3.05) is 0 Å². The number of hydrogen-bond acceptors (Lipinski definition) is 3. The second-order valence-corrected chi connectivity index (χ2v) is 6.50. The van der Waals surface area contributed by atoms with Crippen molar-refractivity contribution in [3.05, 3.63) is 63.9 Å².